The summed E-state index contributed by atoms with van der Waals surface area (Å²) in [6.07, 6.45) is 0. The van der Waals surface area contributed by atoms with Gasteiger partial charge in [0, 0.05) is 11.6 Å². The zero-order valence-corrected chi connectivity index (χ0v) is 13.5. The van der Waals surface area contributed by atoms with Crippen LogP contribution in [0.1, 0.15) is 11.6 Å². The Labute approximate surface area is 133 Å². The summed E-state index contributed by atoms with van der Waals surface area (Å²) < 4.78 is 0. The number of hydrogen-bond donors (Lipinski definition) is 2. The van der Waals surface area contributed by atoms with Crippen molar-refractivity contribution < 1.29 is 4.79 Å². The second-order valence-corrected chi connectivity index (χ2v) is 6.17. The maximum atomic E-state index is 11.9. The first kappa shape index (κ1) is 15.8. The number of hydrogen-bond acceptors (Lipinski definition) is 3. The van der Waals surface area contributed by atoms with Crippen molar-refractivity contribution in [2.24, 2.45) is 0 Å². The summed E-state index contributed by atoms with van der Waals surface area (Å²) in [5.74, 6) is 0. The average molecular weight is 324 g/mol. The smallest absolute Gasteiger partial charge is 0.319 e. The molecule has 0 aliphatic heterocycles. The molecule has 4 nitrogen and oxygen atoms in total. The van der Waals surface area contributed by atoms with Crippen LogP contribution in [0.15, 0.2) is 41.8 Å². The van der Waals surface area contributed by atoms with Gasteiger partial charge in [-0.2, -0.15) is 0 Å². The molecule has 1 heterocycles. The number of rotatable bonds is 5. The van der Waals surface area contributed by atoms with Crippen LogP contribution in [-0.4, -0.2) is 31.6 Å². The third-order valence-corrected chi connectivity index (χ3v) is 4.23. The molecule has 0 radical (unpaired) electrons. The lowest BCUT2D eigenvalue weighted by molar-refractivity contribution is 0.243. The van der Waals surface area contributed by atoms with Crippen LogP contribution in [0.5, 0.6) is 0 Å². The van der Waals surface area contributed by atoms with Gasteiger partial charge in [0.05, 0.1) is 11.0 Å². The van der Waals surface area contributed by atoms with Gasteiger partial charge in [0.15, 0.2) is 0 Å². The first-order chi connectivity index (χ1) is 10.1. The van der Waals surface area contributed by atoms with E-state index in [1.165, 1.54) is 11.3 Å². The number of nitrogens with one attached hydrogen (secondary N) is 2. The summed E-state index contributed by atoms with van der Waals surface area (Å²) in [4.78, 5) is 13.9. The van der Waals surface area contributed by atoms with Crippen molar-refractivity contribution in [2.75, 3.05) is 26.0 Å². The van der Waals surface area contributed by atoms with E-state index in [2.05, 4.69) is 10.6 Å². The lowest BCUT2D eigenvalue weighted by Gasteiger charge is -2.25. The molecule has 2 amide bonds. The summed E-state index contributed by atoms with van der Waals surface area (Å²) in [6.45, 7) is 0.480. The molecule has 21 heavy (non-hydrogen) atoms. The molecule has 0 aliphatic carbocycles. The molecule has 0 saturated carbocycles. The molecule has 1 atom stereocenters. The van der Waals surface area contributed by atoms with E-state index in [9.17, 15) is 4.79 Å². The predicted octanol–water partition coefficient (Wildman–Crippen LogP) is 3.83. The summed E-state index contributed by atoms with van der Waals surface area (Å²) in [5, 5.41) is 9.13. The number of anilines is 1. The van der Waals surface area contributed by atoms with E-state index in [1.807, 2.05) is 60.8 Å². The van der Waals surface area contributed by atoms with Gasteiger partial charge in [0.25, 0.3) is 0 Å². The fraction of sp³-hybridized carbons (Fsp3) is 0.267. The van der Waals surface area contributed by atoms with Gasteiger partial charge in [-0.05, 0) is 43.2 Å². The summed E-state index contributed by atoms with van der Waals surface area (Å²) in [7, 11) is 3.93. The van der Waals surface area contributed by atoms with E-state index >= 15 is 0 Å². The van der Waals surface area contributed by atoms with Crippen molar-refractivity contribution in [3.05, 3.63) is 52.4 Å². The van der Waals surface area contributed by atoms with Crippen LogP contribution in [0.4, 0.5) is 9.80 Å². The molecule has 0 fully saturated rings. The standard InChI is InChI=1S/C15H18ClN3OS/c1-19(2)13(11-6-3-4-7-12(11)16)10-17-15(20)18-14-8-5-9-21-14/h3-9,13H,10H2,1-2H3,(H2,17,18,20). The first-order valence-electron chi connectivity index (χ1n) is 6.57. The molecule has 0 bridgehead atoms. The Bertz CT molecular complexity index is 586. The van der Waals surface area contributed by atoms with E-state index in [4.69, 9.17) is 11.6 Å². The summed E-state index contributed by atoms with van der Waals surface area (Å²) >= 11 is 7.73. The third-order valence-electron chi connectivity index (χ3n) is 3.10. The minimum Gasteiger partial charge on any atom is -0.336 e. The van der Waals surface area contributed by atoms with Crippen molar-refractivity contribution >= 4 is 34.0 Å². The van der Waals surface area contributed by atoms with E-state index in [0.717, 1.165) is 10.6 Å². The fourth-order valence-corrected chi connectivity index (χ4v) is 2.89. The highest BCUT2D eigenvalue weighted by Crippen LogP contribution is 2.25. The Morgan fingerprint density at radius 1 is 1.29 bits per heavy atom. The van der Waals surface area contributed by atoms with Crippen LogP contribution >= 0.6 is 22.9 Å². The van der Waals surface area contributed by atoms with Crippen LogP contribution < -0.4 is 10.6 Å². The zero-order valence-electron chi connectivity index (χ0n) is 12.0. The Kier molecular flexibility index (Phi) is 5.61. The molecular formula is C15H18ClN3OS. The number of carbonyl (C=O) groups is 1. The highest BCUT2D eigenvalue weighted by atomic mass is 35.5. The van der Waals surface area contributed by atoms with Gasteiger partial charge in [-0.3, -0.25) is 5.32 Å². The molecule has 1 aromatic heterocycles. The largest absolute Gasteiger partial charge is 0.336 e. The van der Waals surface area contributed by atoms with Crippen LogP contribution in [-0.2, 0) is 0 Å². The van der Waals surface area contributed by atoms with Crippen LogP contribution in [0, 0.1) is 0 Å². The first-order valence-corrected chi connectivity index (χ1v) is 7.83. The lowest BCUT2D eigenvalue weighted by atomic mass is 10.1. The van der Waals surface area contributed by atoms with Gasteiger partial charge in [0.1, 0.15) is 0 Å². The number of nitrogens with zero attached hydrogens (tertiary/aromatic N) is 1. The maximum absolute atomic E-state index is 11.9. The fourth-order valence-electron chi connectivity index (χ4n) is 2.01. The van der Waals surface area contributed by atoms with Crippen molar-refractivity contribution in [2.45, 2.75) is 6.04 Å². The molecule has 0 saturated heterocycles. The highest BCUT2D eigenvalue weighted by Gasteiger charge is 2.17. The van der Waals surface area contributed by atoms with Crippen molar-refractivity contribution in [3.63, 3.8) is 0 Å². The minimum absolute atomic E-state index is 0.0211. The topological polar surface area (TPSA) is 44.4 Å². The molecule has 0 aliphatic rings. The normalized spacial score (nSPS) is 12.2. The van der Waals surface area contributed by atoms with Crippen LogP contribution in [0.25, 0.3) is 0 Å². The Balaban J connectivity index is 1.98. The number of urea groups is 1. The molecule has 1 aromatic carbocycles. The van der Waals surface area contributed by atoms with Gasteiger partial charge >= 0.3 is 6.03 Å². The van der Waals surface area contributed by atoms with Crippen molar-refractivity contribution in [1.29, 1.82) is 0 Å². The zero-order chi connectivity index (χ0) is 15.2. The molecule has 2 rings (SSSR count). The Hall–Kier alpha value is -1.56. The average Bonchev–Trinajstić information content (AvgIpc) is 2.93. The quantitative estimate of drug-likeness (QED) is 0.878. The van der Waals surface area contributed by atoms with Crippen LogP contribution in [0.2, 0.25) is 5.02 Å². The van der Waals surface area contributed by atoms with E-state index in [1.54, 1.807) is 0 Å². The van der Waals surface area contributed by atoms with Gasteiger partial charge in [-0.25, -0.2) is 4.79 Å². The van der Waals surface area contributed by atoms with Gasteiger partial charge in [-0.1, -0.05) is 29.8 Å². The molecule has 6 heteroatoms. The molecular weight excluding hydrogens is 306 g/mol. The SMILES string of the molecule is CN(C)C(CNC(=O)Nc1cccs1)c1ccccc1Cl. The molecule has 2 N–H and O–H groups in total. The van der Waals surface area contributed by atoms with E-state index in [0.29, 0.717) is 11.6 Å². The monoisotopic (exact) mass is 323 g/mol. The number of benzene rings is 1. The number of carbonyl (C=O) groups excluding carboxylic acids is 1. The van der Waals surface area contributed by atoms with Gasteiger partial charge in [0.2, 0.25) is 0 Å². The molecule has 0 spiro atoms. The highest BCUT2D eigenvalue weighted by molar-refractivity contribution is 7.14. The molecule has 112 valence electrons. The second kappa shape index (κ2) is 7.45. The predicted molar refractivity (Wildman–Crippen MR) is 89.2 cm³/mol. The van der Waals surface area contributed by atoms with E-state index < -0.39 is 0 Å². The van der Waals surface area contributed by atoms with Crippen LogP contribution in [0.3, 0.4) is 0 Å². The number of amides is 2. The molecule has 1 unspecified atom stereocenters. The number of halogens is 1. The van der Waals surface area contributed by atoms with Crippen molar-refractivity contribution in [1.82, 2.24) is 10.2 Å². The van der Waals surface area contributed by atoms with E-state index in [-0.39, 0.29) is 12.1 Å². The maximum Gasteiger partial charge on any atom is 0.319 e. The lowest BCUT2D eigenvalue weighted by Crippen LogP contribution is -2.36. The summed E-state index contributed by atoms with van der Waals surface area (Å²) in [6, 6.07) is 11.3. The number of likely N-dealkylation sites (N-methyl/N-ethyl adjacent to an activating group) is 1. The third kappa shape index (κ3) is 4.46. The van der Waals surface area contributed by atoms with Gasteiger partial charge in [-0.15, -0.1) is 11.3 Å². The molecule has 2 aromatic rings. The Morgan fingerprint density at radius 2 is 2.05 bits per heavy atom. The number of thiophene rings is 1. The van der Waals surface area contributed by atoms with Crippen molar-refractivity contribution in [3.8, 4) is 0 Å². The Morgan fingerprint density at radius 3 is 2.67 bits per heavy atom. The minimum atomic E-state index is -0.212. The second-order valence-electron chi connectivity index (χ2n) is 4.81. The summed E-state index contributed by atoms with van der Waals surface area (Å²) in [5.41, 5.74) is 1.00. The van der Waals surface area contributed by atoms with Gasteiger partial charge < -0.3 is 10.2 Å².